The second-order valence-electron chi connectivity index (χ2n) is 7.40. The summed E-state index contributed by atoms with van der Waals surface area (Å²) in [5.41, 5.74) is 2.09. The lowest BCUT2D eigenvalue weighted by Gasteiger charge is -2.37. The Bertz CT molecular complexity index is 580. The second-order valence-corrected chi connectivity index (χ2v) is 7.40. The van der Waals surface area contributed by atoms with Crippen LogP contribution < -0.4 is 0 Å². The quantitative estimate of drug-likeness (QED) is 0.836. The van der Waals surface area contributed by atoms with Crippen LogP contribution in [0.2, 0.25) is 0 Å². The number of halogens is 2. The molecular weight excluding hydrogens is 310 g/mol. The van der Waals surface area contributed by atoms with Crippen LogP contribution >= 0.6 is 0 Å². The molecule has 132 valence electrons. The third-order valence-corrected chi connectivity index (χ3v) is 5.34. The maximum Gasteiger partial charge on any atom is 0.248 e. The van der Waals surface area contributed by atoms with E-state index in [-0.39, 0.29) is 24.7 Å². The van der Waals surface area contributed by atoms with Gasteiger partial charge < -0.3 is 4.90 Å². The van der Waals surface area contributed by atoms with Crippen LogP contribution in [0.1, 0.15) is 49.9 Å². The maximum atomic E-state index is 13.3. The molecule has 2 fully saturated rings. The first-order chi connectivity index (χ1) is 11.4. The lowest BCUT2D eigenvalue weighted by atomic mass is 9.84. The van der Waals surface area contributed by atoms with Crippen LogP contribution in [0.4, 0.5) is 8.78 Å². The molecule has 0 bridgehead atoms. The summed E-state index contributed by atoms with van der Waals surface area (Å²) < 4.78 is 26.6. The summed E-state index contributed by atoms with van der Waals surface area (Å²) in [6.07, 6.45) is 3.34. The lowest BCUT2D eigenvalue weighted by Crippen LogP contribution is -2.45. The van der Waals surface area contributed by atoms with Crippen LogP contribution in [0.5, 0.6) is 0 Å². The molecule has 1 saturated carbocycles. The summed E-state index contributed by atoms with van der Waals surface area (Å²) in [7, 11) is 0. The first kappa shape index (κ1) is 17.3. The molecule has 0 spiro atoms. The van der Waals surface area contributed by atoms with E-state index in [0.29, 0.717) is 18.8 Å². The summed E-state index contributed by atoms with van der Waals surface area (Å²) in [4.78, 5) is 19.2. The summed E-state index contributed by atoms with van der Waals surface area (Å²) in [6.45, 7) is 3.49. The number of amides is 1. The molecule has 1 saturated heterocycles. The van der Waals surface area contributed by atoms with Gasteiger partial charge in [0.25, 0.3) is 0 Å². The minimum Gasteiger partial charge on any atom is -0.342 e. The van der Waals surface area contributed by atoms with E-state index >= 15 is 0 Å². The minimum absolute atomic E-state index is 0.0902. The smallest absolute Gasteiger partial charge is 0.248 e. The number of alkyl halides is 2. The van der Waals surface area contributed by atoms with Gasteiger partial charge in [0.05, 0.1) is 0 Å². The van der Waals surface area contributed by atoms with Crippen molar-refractivity contribution in [1.82, 2.24) is 9.88 Å². The molecule has 3 nitrogen and oxygen atoms in total. The Morgan fingerprint density at radius 1 is 1.29 bits per heavy atom. The normalized spacial score (nSPS) is 24.8. The number of hydrogen-bond acceptors (Lipinski definition) is 2. The number of piperidine rings is 1. The van der Waals surface area contributed by atoms with Crippen LogP contribution in [0, 0.1) is 18.8 Å². The van der Waals surface area contributed by atoms with Crippen LogP contribution in [0.3, 0.4) is 0 Å². The molecule has 2 aliphatic rings. The molecule has 1 amide bonds. The van der Waals surface area contributed by atoms with Crippen molar-refractivity contribution in [2.24, 2.45) is 11.8 Å². The zero-order valence-electron chi connectivity index (χ0n) is 14.3. The zero-order valence-corrected chi connectivity index (χ0v) is 14.3. The highest BCUT2D eigenvalue weighted by Gasteiger charge is 2.39. The van der Waals surface area contributed by atoms with E-state index in [4.69, 9.17) is 0 Å². The van der Waals surface area contributed by atoms with Crippen molar-refractivity contribution in [2.75, 3.05) is 13.1 Å². The molecule has 1 aromatic heterocycles. The SMILES string of the molecule is Cc1cccc(C[C@H]2CCCN(C(=O)C3CCC(F)(F)CC3)C2)n1. The molecule has 0 unspecified atom stereocenters. The van der Waals surface area contributed by atoms with E-state index in [1.54, 1.807) is 0 Å². The maximum absolute atomic E-state index is 13.3. The van der Waals surface area contributed by atoms with Crippen LogP contribution in [-0.2, 0) is 11.2 Å². The Kier molecular flexibility index (Phi) is 5.16. The average molecular weight is 336 g/mol. The van der Waals surface area contributed by atoms with Gasteiger partial charge in [0, 0.05) is 43.2 Å². The van der Waals surface area contributed by atoms with Crippen molar-refractivity contribution in [1.29, 1.82) is 0 Å². The molecule has 1 aliphatic heterocycles. The van der Waals surface area contributed by atoms with E-state index in [1.807, 2.05) is 30.0 Å². The van der Waals surface area contributed by atoms with Crippen molar-refractivity contribution in [2.45, 2.75) is 57.8 Å². The fourth-order valence-corrected chi connectivity index (χ4v) is 3.99. The summed E-state index contributed by atoms with van der Waals surface area (Å²) >= 11 is 0. The monoisotopic (exact) mass is 336 g/mol. The Hall–Kier alpha value is -1.52. The van der Waals surface area contributed by atoms with Gasteiger partial charge in [-0.2, -0.15) is 0 Å². The third-order valence-electron chi connectivity index (χ3n) is 5.34. The molecular formula is C19H26F2N2O. The number of carbonyl (C=O) groups excluding carboxylic acids is 1. The van der Waals surface area contributed by atoms with Crippen molar-refractivity contribution in [3.05, 3.63) is 29.6 Å². The molecule has 0 radical (unpaired) electrons. The van der Waals surface area contributed by atoms with Crippen molar-refractivity contribution in [3.8, 4) is 0 Å². The molecule has 5 heteroatoms. The van der Waals surface area contributed by atoms with Gasteiger partial charge in [-0.1, -0.05) is 6.07 Å². The van der Waals surface area contributed by atoms with Crippen molar-refractivity contribution in [3.63, 3.8) is 0 Å². The second kappa shape index (κ2) is 7.16. The largest absolute Gasteiger partial charge is 0.342 e. The van der Waals surface area contributed by atoms with Crippen LogP contribution in [-0.4, -0.2) is 34.8 Å². The Morgan fingerprint density at radius 2 is 2.04 bits per heavy atom. The van der Waals surface area contributed by atoms with E-state index in [0.717, 1.165) is 43.7 Å². The molecule has 1 aliphatic carbocycles. The topological polar surface area (TPSA) is 33.2 Å². The predicted molar refractivity (Wildman–Crippen MR) is 88.9 cm³/mol. The molecule has 1 atom stereocenters. The van der Waals surface area contributed by atoms with Gasteiger partial charge in [-0.15, -0.1) is 0 Å². The van der Waals surface area contributed by atoms with E-state index in [1.165, 1.54) is 0 Å². The fraction of sp³-hybridized carbons (Fsp3) is 0.684. The average Bonchev–Trinajstić information content (AvgIpc) is 2.54. The van der Waals surface area contributed by atoms with E-state index in [2.05, 4.69) is 4.98 Å². The molecule has 0 aromatic carbocycles. The molecule has 24 heavy (non-hydrogen) atoms. The van der Waals surface area contributed by atoms with Gasteiger partial charge in [-0.25, -0.2) is 8.78 Å². The molecule has 0 N–H and O–H groups in total. The minimum atomic E-state index is -2.57. The Labute approximate surface area is 142 Å². The first-order valence-electron chi connectivity index (χ1n) is 9.02. The number of carbonyl (C=O) groups is 1. The number of rotatable bonds is 3. The highest BCUT2D eigenvalue weighted by Crippen LogP contribution is 2.37. The molecule has 2 heterocycles. The van der Waals surface area contributed by atoms with Crippen LogP contribution in [0.15, 0.2) is 18.2 Å². The summed E-state index contributed by atoms with van der Waals surface area (Å²) in [5, 5.41) is 0. The number of pyridine rings is 1. The number of aromatic nitrogens is 1. The van der Waals surface area contributed by atoms with Gasteiger partial charge >= 0.3 is 0 Å². The van der Waals surface area contributed by atoms with Crippen LogP contribution in [0.25, 0.3) is 0 Å². The highest BCUT2D eigenvalue weighted by atomic mass is 19.3. The number of nitrogens with zero attached hydrogens (tertiary/aromatic N) is 2. The first-order valence-corrected chi connectivity index (χ1v) is 9.02. The Morgan fingerprint density at radius 3 is 2.75 bits per heavy atom. The van der Waals surface area contributed by atoms with E-state index < -0.39 is 5.92 Å². The molecule has 3 rings (SSSR count). The van der Waals surface area contributed by atoms with Crippen molar-refractivity contribution >= 4 is 5.91 Å². The highest BCUT2D eigenvalue weighted by molar-refractivity contribution is 5.79. The number of likely N-dealkylation sites (tertiary alicyclic amines) is 1. The lowest BCUT2D eigenvalue weighted by molar-refractivity contribution is -0.141. The zero-order chi connectivity index (χ0) is 17.2. The Balaban J connectivity index is 1.56. The summed E-state index contributed by atoms with van der Waals surface area (Å²) in [6, 6.07) is 6.04. The summed E-state index contributed by atoms with van der Waals surface area (Å²) in [5.74, 6) is -2.27. The standard InChI is InChI=1S/C19H26F2N2O/c1-14-4-2-6-17(22-14)12-15-5-3-11-23(13-15)18(24)16-7-9-19(20,21)10-8-16/h2,4,6,15-16H,3,5,7-13H2,1H3/t15-/m1/s1. The van der Waals surface area contributed by atoms with Gasteiger partial charge in [0.2, 0.25) is 11.8 Å². The predicted octanol–water partition coefficient (Wildman–Crippen LogP) is 4.00. The van der Waals surface area contributed by atoms with Gasteiger partial charge in [0.1, 0.15) is 0 Å². The van der Waals surface area contributed by atoms with Gasteiger partial charge in [-0.05, 0) is 57.1 Å². The van der Waals surface area contributed by atoms with Crippen molar-refractivity contribution < 1.29 is 13.6 Å². The third kappa shape index (κ3) is 4.31. The number of aryl methyl sites for hydroxylation is 1. The van der Waals surface area contributed by atoms with Gasteiger partial charge in [0.15, 0.2) is 0 Å². The van der Waals surface area contributed by atoms with E-state index in [9.17, 15) is 13.6 Å². The fourth-order valence-electron chi connectivity index (χ4n) is 3.99. The number of hydrogen-bond donors (Lipinski definition) is 0. The molecule has 1 aromatic rings. The van der Waals surface area contributed by atoms with Gasteiger partial charge in [-0.3, -0.25) is 9.78 Å².